The number of hydrogen-bond acceptors (Lipinski definition) is 3. The van der Waals surface area contributed by atoms with Crippen LogP contribution in [0.5, 0.6) is 11.5 Å². The van der Waals surface area contributed by atoms with E-state index in [9.17, 15) is 4.79 Å². The highest BCUT2D eigenvalue weighted by molar-refractivity contribution is 5.94. The predicted octanol–water partition coefficient (Wildman–Crippen LogP) is 2.77. The fourth-order valence-electron chi connectivity index (χ4n) is 2.98. The van der Waals surface area contributed by atoms with Crippen LogP contribution in [0.25, 0.3) is 0 Å². The van der Waals surface area contributed by atoms with Crippen LogP contribution in [0.15, 0.2) is 18.2 Å². The highest BCUT2D eigenvalue weighted by Crippen LogP contribution is 2.30. The molecule has 20 heavy (non-hydrogen) atoms. The smallest absolute Gasteiger partial charge is 0.251 e. The van der Waals surface area contributed by atoms with Crippen molar-refractivity contribution in [2.45, 2.75) is 32.1 Å². The van der Waals surface area contributed by atoms with Gasteiger partial charge in [-0.15, -0.1) is 0 Å². The molecule has 0 unspecified atom stereocenters. The third-order valence-corrected chi connectivity index (χ3v) is 4.12. The van der Waals surface area contributed by atoms with Crippen molar-refractivity contribution in [2.24, 2.45) is 5.92 Å². The molecule has 0 radical (unpaired) electrons. The molecule has 1 heterocycles. The molecule has 0 atom stereocenters. The number of fused-ring (bicyclic) bond motifs is 1. The molecule has 3 rings (SSSR count). The maximum atomic E-state index is 12.1. The van der Waals surface area contributed by atoms with Crippen molar-refractivity contribution in [1.82, 2.24) is 5.32 Å². The summed E-state index contributed by atoms with van der Waals surface area (Å²) in [7, 11) is 0. The Morgan fingerprint density at radius 1 is 1.15 bits per heavy atom. The van der Waals surface area contributed by atoms with E-state index in [0.717, 1.165) is 24.6 Å². The third-order valence-electron chi connectivity index (χ3n) is 4.12. The minimum Gasteiger partial charge on any atom is -0.486 e. The molecule has 1 aromatic rings. The van der Waals surface area contributed by atoms with Gasteiger partial charge in [0, 0.05) is 12.1 Å². The highest BCUT2D eigenvalue weighted by Gasteiger charge is 2.17. The molecule has 0 bridgehead atoms. The van der Waals surface area contributed by atoms with Crippen molar-refractivity contribution in [2.75, 3.05) is 19.8 Å². The molecule has 1 aliphatic carbocycles. The van der Waals surface area contributed by atoms with Crippen LogP contribution < -0.4 is 14.8 Å². The predicted molar refractivity (Wildman–Crippen MR) is 76.3 cm³/mol. The Bertz CT molecular complexity index is 481. The van der Waals surface area contributed by atoms with Crippen LogP contribution in [-0.2, 0) is 0 Å². The summed E-state index contributed by atoms with van der Waals surface area (Å²) in [5.74, 6) is 2.16. The molecule has 1 saturated carbocycles. The second kappa shape index (κ2) is 6.16. The zero-order valence-corrected chi connectivity index (χ0v) is 11.7. The van der Waals surface area contributed by atoms with Gasteiger partial charge in [0.25, 0.3) is 5.91 Å². The summed E-state index contributed by atoms with van der Waals surface area (Å²) in [6.07, 6.45) is 6.43. The molecule has 1 fully saturated rings. The third kappa shape index (κ3) is 3.06. The summed E-state index contributed by atoms with van der Waals surface area (Å²) in [4.78, 5) is 12.1. The monoisotopic (exact) mass is 275 g/mol. The van der Waals surface area contributed by atoms with E-state index in [0.29, 0.717) is 24.5 Å². The Morgan fingerprint density at radius 3 is 2.70 bits per heavy atom. The Morgan fingerprint density at radius 2 is 1.90 bits per heavy atom. The van der Waals surface area contributed by atoms with Crippen molar-refractivity contribution in [3.63, 3.8) is 0 Å². The van der Waals surface area contributed by atoms with Gasteiger partial charge in [-0.25, -0.2) is 0 Å². The van der Waals surface area contributed by atoms with Crippen molar-refractivity contribution in [3.05, 3.63) is 23.8 Å². The summed E-state index contributed by atoms with van der Waals surface area (Å²) >= 11 is 0. The van der Waals surface area contributed by atoms with Gasteiger partial charge in [-0.2, -0.15) is 0 Å². The number of carbonyl (C=O) groups is 1. The maximum Gasteiger partial charge on any atom is 0.251 e. The molecule has 2 aliphatic rings. The second-order valence-corrected chi connectivity index (χ2v) is 5.55. The highest BCUT2D eigenvalue weighted by atomic mass is 16.6. The van der Waals surface area contributed by atoms with Crippen LogP contribution in [0.4, 0.5) is 0 Å². The molecule has 1 amide bonds. The van der Waals surface area contributed by atoms with Crippen molar-refractivity contribution >= 4 is 5.91 Å². The number of hydrogen-bond donors (Lipinski definition) is 1. The van der Waals surface area contributed by atoms with Crippen LogP contribution in [-0.4, -0.2) is 25.7 Å². The molecule has 0 saturated heterocycles. The van der Waals surface area contributed by atoms with Crippen LogP contribution in [0.1, 0.15) is 42.5 Å². The largest absolute Gasteiger partial charge is 0.486 e. The van der Waals surface area contributed by atoms with Gasteiger partial charge < -0.3 is 14.8 Å². The SMILES string of the molecule is O=C(NCCC1CCCC1)c1ccc2c(c1)OCCO2. The van der Waals surface area contributed by atoms with E-state index < -0.39 is 0 Å². The Labute approximate surface area is 119 Å². The topological polar surface area (TPSA) is 47.6 Å². The van der Waals surface area contributed by atoms with Gasteiger partial charge in [0.05, 0.1) is 0 Å². The van der Waals surface area contributed by atoms with Crippen molar-refractivity contribution < 1.29 is 14.3 Å². The molecule has 0 aromatic heterocycles. The van der Waals surface area contributed by atoms with E-state index in [1.54, 1.807) is 18.2 Å². The summed E-state index contributed by atoms with van der Waals surface area (Å²) in [6.45, 7) is 1.87. The number of benzene rings is 1. The molecule has 1 N–H and O–H groups in total. The van der Waals surface area contributed by atoms with E-state index in [-0.39, 0.29) is 5.91 Å². The zero-order chi connectivity index (χ0) is 13.8. The van der Waals surface area contributed by atoms with Gasteiger partial charge in [0.2, 0.25) is 0 Å². The Kier molecular flexibility index (Phi) is 4.09. The molecular weight excluding hydrogens is 254 g/mol. The number of carbonyl (C=O) groups excluding carboxylic acids is 1. The first-order valence-corrected chi connectivity index (χ1v) is 7.51. The van der Waals surface area contributed by atoms with Gasteiger partial charge in [-0.3, -0.25) is 4.79 Å². The van der Waals surface area contributed by atoms with Crippen LogP contribution in [0.3, 0.4) is 0 Å². The normalized spacial score (nSPS) is 18.0. The van der Waals surface area contributed by atoms with Crippen LogP contribution in [0, 0.1) is 5.92 Å². The standard InChI is InChI=1S/C16H21NO3/c18-16(17-8-7-12-3-1-2-4-12)13-5-6-14-15(11-13)20-10-9-19-14/h5-6,11-12H,1-4,7-10H2,(H,17,18). The van der Waals surface area contributed by atoms with E-state index in [2.05, 4.69) is 5.32 Å². The van der Waals surface area contributed by atoms with Crippen LogP contribution in [0.2, 0.25) is 0 Å². The van der Waals surface area contributed by atoms with Crippen LogP contribution >= 0.6 is 0 Å². The van der Waals surface area contributed by atoms with E-state index >= 15 is 0 Å². The Hall–Kier alpha value is -1.71. The number of amides is 1. The van der Waals surface area contributed by atoms with Gasteiger partial charge in [-0.1, -0.05) is 25.7 Å². The molecule has 1 aromatic carbocycles. The van der Waals surface area contributed by atoms with Gasteiger partial charge >= 0.3 is 0 Å². The maximum absolute atomic E-state index is 12.1. The number of nitrogens with one attached hydrogen (secondary N) is 1. The average Bonchev–Trinajstić information content (AvgIpc) is 3.00. The zero-order valence-electron chi connectivity index (χ0n) is 11.7. The first-order valence-electron chi connectivity index (χ1n) is 7.51. The van der Waals surface area contributed by atoms with Crippen molar-refractivity contribution in [3.8, 4) is 11.5 Å². The lowest BCUT2D eigenvalue weighted by Crippen LogP contribution is -2.26. The van der Waals surface area contributed by atoms with Gasteiger partial charge in [0.1, 0.15) is 13.2 Å². The first kappa shape index (κ1) is 13.3. The first-order chi connectivity index (χ1) is 9.83. The fraction of sp³-hybridized carbons (Fsp3) is 0.562. The second-order valence-electron chi connectivity index (χ2n) is 5.55. The quantitative estimate of drug-likeness (QED) is 0.919. The molecule has 1 aliphatic heterocycles. The summed E-state index contributed by atoms with van der Waals surface area (Å²) in [6, 6.07) is 5.36. The summed E-state index contributed by atoms with van der Waals surface area (Å²) in [5, 5.41) is 3.00. The lowest BCUT2D eigenvalue weighted by molar-refractivity contribution is 0.0950. The fourth-order valence-corrected chi connectivity index (χ4v) is 2.98. The molecule has 4 heteroatoms. The van der Waals surface area contributed by atoms with E-state index in [4.69, 9.17) is 9.47 Å². The van der Waals surface area contributed by atoms with E-state index in [1.165, 1.54) is 25.7 Å². The van der Waals surface area contributed by atoms with E-state index in [1.807, 2.05) is 0 Å². The number of ether oxygens (including phenoxy) is 2. The molecule has 108 valence electrons. The number of rotatable bonds is 4. The van der Waals surface area contributed by atoms with Crippen molar-refractivity contribution in [1.29, 1.82) is 0 Å². The summed E-state index contributed by atoms with van der Waals surface area (Å²) in [5.41, 5.74) is 0.640. The molecule has 4 nitrogen and oxygen atoms in total. The summed E-state index contributed by atoms with van der Waals surface area (Å²) < 4.78 is 10.9. The minimum absolute atomic E-state index is 0.0278. The molecule has 0 spiro atoms. The lowest BCUT2D eigenvalue weighted by atomic mass is 10.0. The Balaban J connectivity index is 1.53. The van der Waals surface area contributed by atoms with Gasteiger partial charge in [-0.05, 0) is 30.5 Å². The lowest BCUT2D eigenvalue weighted by Gasteiger charge is -2.18. The van der Waals surface area contributed by atoms with Gasteiger partial charge in [0.15, 0.2) is 11.5 Å². The molecular formula is C16H21NO3. The minimum atomic E-state index is -0.0278. The average molecular weight is 275 g/mol.